The third-order valence-corrected chi connectivity index (χ3v) is 5.04. The van der Waals surface area contributed by atoms with Crippen molar-refractivity contribution in [1.82, 2.24) is 19.9 Å². The van der Waals surface area contributed by atoms with Crippen LogP contribution in [-0.2, 0) is 0 Å². The predicted molar refractivity (Wildman–Crippen MR) is 93.7 cm³/mol. The van der Waals surface area contributed by atoms with Crippen molar-refractivity contribution in [2.75, 3.05) is 0 Å². The molecule has 24 heavy (non-hydrogen) atoms. The number of allylic oxidation sites excluding steroid dienone is 2. The van der Waals surface area contributed by atoms with Crippen LogP contribution in [-0.4, -0.2) is 25.7 Å². The fourth-order valence-electron chi connectivity index (χ4n) is 3.74. The van der Waals surface area contributed by atoms with Gasteiger partial charge in [-0.15, -0.1) is 0 Å². The molecule has 0 spiro atoms. The van der Waals surface area contributed by atoms with Crippen LogP contribution in [0.3, 0.4) is 0 Å². The van der Waals surface area contributed by atoms with Gasteiger partial charge >= 0.3 is 0 Å². The standard InChI is InChI=1S/C19H20N4O/c1-10-4-5-11(2)15(10)18(24)14-6-13(8-20-14)17-16-12(3)7-21-19(16)23-9-22-17/h4-11,15,20H,1-3H3,(H,21,22,23). The molecule has 3 aromatic heterocycles. The van der Waals surface area contributed by atoms with Crippen molar-refractivity contribution in [3.05, 3.63) is 48.2 Å². The van der Waals surface area contributed by atoms with E-state index in [0.717, 1.165) is 27.9 Å². The second-order valence-corrected chi connectivity index (χ2v) is 6.71. The first-order chi connectivity index (χ1) is 11.6. The van der Waals surface area contributed by atoms with E-state index in [1.165, 1.54) is 0 Å². The number of H-pyrrole nitrogens is 2. The summed E-state index contributed by atoms with van der Waals surface area (Å²) in [5, 5.41) is 1.000. The Balaban J connectivity index is 1.72. The largest absolute Gasteiger partial charge is 0.358 e. The Morgan fingerprint density at radius 1 is 1.08 bits per heavy atom. The molecule has 1 aliphatic carbocycles. The molecule has 0 saturated heterocycles. The van der Waals surface area contributed by atoms with Gasteiger partial charge in [0.25, 0.3) is 0 Å². The number of aryl methyl sites for hydroxylation is 1. The zero-order valence-electron chi connectivity index (χ0n) is 14.0. The molecule has 0 aromatic carbocycles. The van der Waals surface area contributed by atoms with Gasteiger partial charge in [0, 0.05) is 29.3 Å². The molecule has 5 nitrogen and oxygen atoms in total. The van der Waals surface area contributed by atoms with Crippen LogP contribution in [0.25, 0.3) is 22.3 Å². The Labute approximate surface area is 140 Å². The van der Waals surface area contributed by atoms with Crippen molar-refractivity contribution in [3.63, 3.8) is 0 Å². The first kappa shape index (κ1) is 14.9. The molecular formula is C19H20N4O. The van der Waals surface area contributed by atoms with E-state index in [1.807, 2.05) is 25.4 Å². The molecule has 0 fully saturated rings. The Kier molecular flexibility index (Phi) is 3.37. The van der Waals surface area contributed by atoms with Crippen LogP contribution in [0.4, 0.5) is 0 Å². The number of fused-ring (bicyclic) bond motifs is 1. The van der Waals surface area contributed by atoms with Crippen LogP contribution < -0.4 is 0 Å². The summed E-state index contributed by atoms with van der Waals surface area (Å²) in [4.78, 5) is 27.9. The number of rotatable bonds is 3. The predicted octanol–water partition coefficient (Wildman–Crippen LogP) is 3.90. The smallest absolute Gasteiger partial charge is 0.183 e. The molecule has 2 atom stereocenters. The summed E-state index contributed by atoms with van der Waals surface area (Å²) in [6, 6.07) is 1.91. The lowest BCUT2D eigenvalue weighted by molar-refractivity contribution is 0.0871. The minimum Gasteiger partial charge on any atom is -0.358 e. The fraction of sp³-hybridized carbons (Fsp3) is 0.316. The van der Waals surface area contributed by atoms with Crippen molar-refractivity contribution >= 4 is 16.8 Å². The number of nitrogens with zero attached hydrogens (tertiary/aromatic N) is 2. The molecule has 0 bridgehead atoms. The quantitative estimate of drug-likeness (QED) is 0.567. The highest BCUT2D eigenvalue weighted by Crippen LogP contribution is 2.34. The molecule has 0 radical (unpaired) electrons. The summed E-state index contributed by atoms with van der Waals surface area (Å²) in [6.45, 7) is 6.23. The highest BCUT2D eigenvalue weighted by Gasteiger charge is 2.33. The van der Waals surface area contributed by atoms with Gasteiger partial charge in [-0.05, 0) is 30.4 Å². The molecule has 0 amide bonds. The zero-order valence-corrected chi connectivity index (χ0v) is 14.0. The van der Waals surface area contributed by atoms with E-state index in [4.69, 9.17) is 0 Å². The first-order valence-electron chi connectivity index (χ1n) is 8.26. The molecule has 2 unspecified atom stereocenters. The van der Waals surface area contributed by atoms with Crippen molar-refractivity contribution in [2.24, 2.45) is 17.8 Å². The zero-order chi connectivity index (χ0) is 16.8. The number of ketones is 1. The van der Waals surface area contributed by atoms with Gasteiger partial charge in [-0.3, -0.25) is 4.79 Å². The number of hydrogen-bond acceptors (Lipinski definition) is 3. The van der Waals surface area contributed by atoms with Gasteiger partial charge in [-0.1, -0.05) is 26.0 Å². The monoisotopic (exact) mass is 320 g/mol. The van der Waals surface area contributed by atoms with Gasteiger partial charge < -0.3 is 9.97 Å². The summed E-state index contributed by atoms with van der Waals surface area (Å²) < 4.78 is 0. The van der Waals surface area contributed by atoms with Crippen LogP contribution in [0.2, 0.25) is 0 Å². The maximum absolute atomic E-state index is 12.9. The van der Waals surface area contributed by atoms with Crippen LogP contribution in [0.1, 0.15) is 29.9 Å². The number of nitrogens with one attached hydrogen (secondary N) is 2. The van der Waals surface area contributed by atoms with Gasteiger partial charge in [0.1, 0.15) is 12.0 Å². The third-order valence-electron chi connectivity index (χ3n) is 5.04. The van der Waals surface area contributed by atoms with Crippen molar-refractivity contribution in [2.45, 2.75) is 20.8 Å². The van der Waals surface area contributed by atoms with Gasteiger partial charge in [-0.2, -0.15) is 0 Å². The van der Waals surface area contributed by atoms with Crippen LogP contribution in [0, 0.1) is 24.7 Å². The van der Waals surface area contributed by atoms with Crippen molar-refractivity contribution in [3.8, 4) is 11.3 Å². The summed E-state index contributed by atoms with van der Waals surface area (Å²) in [5.41, 5.74) is 4.32. The van der Waals surface area contributed by atoms with Gasteiger partial charge in [0.15, 0.2) is 5.78 Å². The van der Waals surface area contributed by atoms with Crippen LogP contribution in [0.15, 0.2) is 36.9 Å². The first-order valence-corrected chi connectivity index (χ1v) is 8.26. The normalized spacial score (nSPS) is 23.2. The van der Waals surface area contributed by atoms with E-state index >= 15 is 0 Å². The van der Waals surface area contributed by atoms with E-state index in [9.17, 15) is 4.79 Å². The second kappa shape index (κ2) is 5.44. The number of aromatic nitrogens is 4. The maximum Gasteiger partial charge on any atom is 0.183 e. The van der Waals surface area contributed by atoms with E-state index in [0.29, 0.717) is 5.69 Å². The SMILES string of the molecule is Cc1c[nH]c2ncnc(-c3c[nH]c(C(=O)C4C(C)C=CC4C)c3)c12. The molecule has 0 saturated carbocycles. The van der Waals surface area contributed by atoms with E-state index in [1.54, 1.807) is 6.33 Å². The maximum atomic E-state index is 12.9. The average molecular weight is 320 g/mol. The summed E-state index contributed by atoms with van der Waals surface area (Å²) in [6.07, 6.45) is 9.60. The molecule has 2 N–H and O–H groups in total. The number of aromatic amines is 2. The summed E-state index contributed by atoms with van der Waals surface area (Å²) >= 11 is 0. The van der Waals surface area contributed by atoms with Gasteiger partial charge in [0.05, 0.1) is 11.4 Å². The van der Waals surface area contributed by atoms with E-state index < -0.39 is 0 Å². The number of carbonyl (C=O) groups excluding carboxylic acids is 1. The minimum atomic E-state index is 0.0101. The lowest BCUT2D eigenvalue weighted by Crippen LogP contribution is -2.23. The Morgan fingerprint density at radius 2 is 1.83 bits per heavy atom. The molecule has 4 rings (SSSR count). The third kappa shape index (κ3) is 2.19. The highest BCUT2D eigenvalue weighted by atomic mass is 16.1. The van der Waals surface area contributed by atoms with Crippen LogP contribution in [0.5, 0.6) is 0 Å². The molecule has 122 valence electrons. The molecule has 3 aromatic rings. The lowest BCUT2D eigenvalue weighted by atomic mass is 9.85. The molecule has 1 aliphatic rings. The number of Topliss-reactive ketones (excluding diaryl/α,β-unsaturated/α-hetero) is 1. The molecule has 0 aliphatic heterocycles. The van der Waals surface area contributed by atoms with Gasteiger partial charge in [0.2, 0.25) is 0 Å². The summed E-state index contributed by atoms with van der Waals surface area (Å²) in [5.74, 6) is 0.729. The van der Waals surface area contributed by atoms with E-state index in [-0.39, 0.29) is 23.5 Å². The average Bonchev–Trinajstić information content (AvgIpc) is 3.27. The van der Waals surface area contributed by atoms with Crippen molar-refractivity contribution < 1.29 is 4.79 Å². The minimum absolute atomic E-state index is 0.0101. The Hall–Kier alpha value is -2.69. The van der Waals surface area contributed by atoms with Crippen molar-refractivity contribution in [1.29, 1.82) is 0 Å². The Bertz CT molecular complexity index is 937. The van der Waals surface area contributed by atoms with E-state index in [2.05, 4.69) is 45.9 Å². The Morgan fingerprint density at radius 3 is 2.58 bits per heavy atom. The topological polar surface area (TPSA) is 74.4 Å². The highest BCUT2D eigenvalue weighted by molar-refractivity contribution is 6.00. The number of hydrogen-bond donors (Lipinski definition) is 2. The van der Waals surface area contributed by atoms with Gasteiger partial charge in [-0.25, -0.2) is 9.97 Å². The molecule has 5 heteroatoms. The summed E-state index contributed by atoms with van der Waals surface area (Å²) in [7, 11) is 0. The van der Waals surface area contributed by atoms with Crippen LogP contribution >= 0.6 is 0 Å². The molecular weight excluding hydrogens is 300 g/mol. The lowest BCUT2D eigenvalue weighted by Gasteiger charge is -2.17. The second-order valence-electron chi connectivity index (χ2n) is 6.71. The fourth-order valence-corrected chi connectivity index (χ4v) is 3.74. The number of carbonyl (C=O) groups is 1. The molecule has 3 heterocycles.